The van der Waals surface area contributed by atoms with E-state index in [1.165, 1.54) is 43.4 Å². The van der Waals surface area contributed by atoms with Crippen molar-refractivity contribution in [2.45, 2.75) is 26.2 Å². The first-order valence-electron chi connectivity index (χ1n) is 4.79. The molecule has 0 aromatic rings. The summed E-state index contributed by atoms with van der Waals surface area (Å²) in [7, 11) is 0. The van der Waals surface area contributed by atoms with E-state index in [0.717, 1.165) is 6.54 Å². The van der Waals surface area contributed by atoms with Crippen molar-refractivity contribution < 1.29 is 9.59 Å². The highest BCUT2D eigenvalue weighted by Gasteiger charge is 2.29. The Labute approximate surface area is 69.4 Å². The smallest absolute Gasteiger partial charge is 0.102 e. The molecule has 1 N–H and O–H groups in total. The molecule has 0 unspecified atom stereocenters. The molecule has 0 saturated carbocycles. The summed E-state index contributed by atoms with van der Waals surface area (Å²) in [4.78, 5) is 0. The van der Waals surface area contributed by atoms with Crippen LogP contribution in [0.5, 0.6) is 0 Å². The lowest BCUT2D eigenvalue weighted by Crippen LogP contribution is -2.47. The minimum Gasteiger partial charge on any atom is -0.391 e. The van der Waals surface area contributed by atoms with Crippen LogP contribution in [-0.2, 0) is 0 Å². The van der Waals surface area contributed by atoms with E-state index in [1.807, 2.05) is 0 Å². The fourth-order valence-electron chi connectivity index (χ4n) is 2.25. The van der Waals surface area contributed by atoms with Gasteiger partial charge in [0.15, 0.2) is 0 Å². The van der Waals surface area contributed by atoms with E-state index in [1.54, 1.807) is 0 Å². The second-order valence-corrected chi connectivity index (χ2v) is 3.67. The number of rotatable bonds is 4. The largest absolute Gasteiger partial charge is 0.391 e. The monoisotopic (exact) mass is 158 g/mol. The number of aliphatic hydroxyl groups is 1. The molecule has 2 heteroatoms. The predicted octanol–water partition coefficient (Wildman–Crippen LogP) is 0.999. The third kappa shape index (κ3) is 2.17. The lowest BCUT2D eigenvalue weighted by Gasteiger charge is -2.33. The Hall–Kier alpha value is -0.0800. The summed E-state index contributed by atoms with van der Waals surface area (Å²) in [5.41, 5.74) is 0. The standard InChI is InChI=1S/C9H20NO/c1-2-5-10(8-9-11)6-3-4-7-10/h11H,2-9H2,1H3/q+1. The SMILES string of the molecule is CCC[N+]1(CCO)CCCC1. The maximum absolute atomic E-state index is 8.90. The van der Waals surface area contributed by atoms with Gasteiger partial charge >= 0.3 is 0 Å². The van der Waals surface area contributed by atoms with Crippen LogP contribution < -0.4 is 0 Å². The molecule has 0 radical (unpaired) electrons. The van der Waals surface area contributed by atoms with Crippen LogP contribution in [0, 0.1) is 0 Å². The maximum atomic E-state index is 8.90. The zero-order valence-corrected chi connectivity index (χ0v) is 7.55. The van der Waals surface area contributed by atoms with Crippen LogP contribution in [0.2, 0.25) is 0 Å². The van der Waals surface area contributed by atoms with Crippen LogP contribution in [0.1, 0.15) is 26.2 Å². The highest BCUT2D eigenvalue weighted by atomic mass is 16.3. The lowest BCUT2D eigenvalue weighted by molar-refractivity contribution is -0.917. The van der Waals surface area contributed by atoms with Gasteiger partial charge in [0, 0.05) is 12.8 Å². The summed E-state index contributed by atoms with van der Waals surface area (Å²) in [5.74, 6) is 0. The normalized spacial score (nSPS) is 22.4. The number of nitrogens with zero attached hydrogens (tertiary/aromatic N) is 1. The Morgan fingerprint density at radius 3 is 2.27 bits per heavy atom. The third-order valence-electron chi connectivity index (χ3n) is 2.79. The third-order valence-corrected chi connectivity index (χ3v) is 2.79. The number of likely N-dealkylation sites (tertiary alicyclic amines) is 1. The van der Waals surface area contributed by atoms with E-state index in [-0.39, 0.29) is 0 Å². The number of hydrogen-bond donors (Lipinski definition) is 1. The second-order valence-electron chi connectivity index (χ2n) is 3.67. The van der Waals surface area contributed by atoms with Crippen molar-refractivity contribution in [2.24, 2.45) is 0 Å². The molecule has 0 spiro atoms. The summed E-state index contributed by atoms with van der Waals surface area (Å²) >= 11 is 0. The van der Waals surface area contributed by atoms with Crippen LogP contribution in [0.4, 0.5) is 0 Å². The second kappa shape index (κ2) is 4.07. The molecular formula is C9H20NO+. The molecule has 1 aliphatic rings. The molecule has 0 atom stereocenters. The number of aliphatic hydroxyl groups excluding tert-OH is 1. The van der Waals surface area contributed by atoms with Gasteiger partial charge in [-0.1, -0.05) is 6.92 Å². The topological polar surface area (TPSA) is 20.2 Å². The summed E-state index contributed by atoms with van der Waals surface area (Å²) < 4.78 is 1.19. The molecule has 2 nitrogen and oxygen atoms in total. The minimum atomic E-state index is 0.361. The lowest BCUT2D eigenvalue weighted by atomic mass is 10.3. The van der Waals surface area contributed by atoms with Crippen LogP contribution in [-0.4, -0.2) is 42.4 Å². The molecule has 0 amide bonds. The Bertz CT molecular complexity index is 100. The quantitative estimate of drug-likeness (QED) is 0.605. The van der Waals surface area contributed by atoms with Crippen molar-refractivity contribution in [3.63, 3.8) is 0 Å². The van der Waals surface area contributed by atoms with Crippen LogP contribution >= 0.6 is 0 Å². The van der Waals surface area contributed by atoms with E-state index in [4.69, 9.17) is 5.11 Å². The van der Waals surface area contributed by atoms with Crippen LogP contribution in [0.15, 0.2) is 0 Å². The molecular weight excluding hydrogens is 138 g/mol. The van der Waals surface area contributed by atoms with E-state index in [2.05, 4.69) is 6.92 Å². The molecule has 1 aliphatic heterocycles. The summed E-state index contributed by atoms with van der Waals surface area (Å²) in [6.45, 7) is 7.44. The van der Waals surface area contributed by atoms with Crippen molar-refractivity contribution in [1.29, 1.82) is 0 Å². The van der Waals surface area contributed by atoms with E-state index in [9.17, 15) is 0 Å². The van der Waals surface area contributed by atoms with Crippen LogP contribution in [0.25, 0.3) is 0 Å². The number of hydrogen-bond acceptors (Lipinski definition) is 1. The molecule has 66 valence electrons. The fraction of sp³-hybridized carbons (Fsp3) is 1.00. The van der Waals surface area contributed by atoms with Crippen molar-refractivity contribution in [3.8, 4) is 0 Å². The highest BCUT2D eigenvalue weighted by Crippen LogP contribution is 2.19. The van der Waals surface area contributed by atoms with E-state index >= 15 is 0 Å². The first-order chi connectivity index (χ1) is 5.33. The molecule has 11 heavy (non-hydrogen) atoms. The zero-order chi connectivity index (χ0) is 8.16. The first kappa shape index (κ1) is 9.01. The van der Waals surface area contributed by atoms with Gasteiger partial charge in [0.1, 0.15) is 6.54 Å². The molecule has 0 aromatic heterocycles. The predicted molar refractivity (Wildman–Crippen MR) is 46.3 cm³/mol. The highest BCUT2D eigenvalue weighted by molar-refractivity contribution is 4.54. The summed E-state index contributed by atoms with van der Waals surface area (Å²) in [6, 6.07) is 0. The fourth-order valence-corrected chi connectivity index (χ4v) is 2.25. The Balaban J connectivity index is 2.40. The van der Waals surface area contributed by atoms with E-state index in [0.29, 0.717) is 6.61 Å². The molecule has 0 bridgehead atoms. The Kier molecular flexibility index (Phi) is 3.34. The van der Waals surface area contributed by atoms with Gasteiger partial charge in [-0.3, -0.25) is 0 Å². The van der Waals surface area contributed by atoms with Crippen molar-refractivity contribution >= 4 is 0 Å². The summed E-state index contributed by atoms with van der Waals surface area (Å²) in [6.07, 6.45) is 3.97. The number of quaternary nitrogens is 1. The molecule has 1 saturated heterocycles. The van der Waals surface area contributed by atoms with Gasteiger partial charge in [0.25, 0.3) is 0 Å². The van der Waals surface area contributed by atoms with Gasteiger partial charge in [-0.05, 0) is 6.42 Å². The first-order valence-corrected chi connectivity index (χ1v) is 4.79. The minimum absolute atomic E-state index is 0.361. The molecule has 1 heterocycles. The summed E-state index contributed by atoms with van der Waals surface area (Å²) in [5, 5.41) is 8.90. The maximum Gasteiger partial charge on any atom is 0.102 e. The Morgan fingerprint density at radius 2 is 1.82 bits per heavy atom. The van der Waals surface area contributed by atoms with Gasteiger partial charge in [0.2, 0.25) is 0 Å². The van der Waals surface area contributed by atoms with Crippen molar-refractivity contribution in [3.05, 3.63) is 0 Å². The van der Waals surface area contributed by atoms with Crippen molar-refractivity contribution in [1.82, 2.24) is 0 Å². The zero-order valence-electron chi connectivity index (χ0n) is 7.55. The average Bonchev–Trinajstić information content (AvgIpc) is 2.39. The molecule has 0 aromatic carbocycles. The van der Waals surface area contributed by atoms with Crippen LogP contribution in [0.3, 0.4) is 0 Å². The van der Waals surface area contributed by atoms with Gasteiger partial charge in [0.05, 0.1) is 26.2 Å². The molecule has 0 aliphatic carbocycles. The van der Waals surface area contributed by atoms with E-state index < -0.39 is 0 Å². The van der Waals surface area contributed by atoms with Gasteiger partial charge in [-0.25, -0.2) is 0 Å². The Morgan fingerprint density at radius 1 is 1.18 bits per heavy atom. The van der Waals surface area contributed by atoms with Gasteiger partial charge in [-0.2, -0.15) is 0 Å². The van der Waals surface area contributed by atoms with Crippen molar-refractivity contribution in [2.75, 3.05) is 32.8 Å². The van der Waals surface area contributed by atoms with Gasteiger partial charge < -0.3 is 9.59 Å². The van der Waals surface area contributed by atoms with Gasteiger partial charge in [-0.15, -0.1) is 0 Å². The molecule has 1 fully saturated rings. The molecule has 1 rings (SSSR count). The average molecular weight is 158 g/mol.